The number of carbonyl (C=O) groups is 3. The van der Waals surface area contributed by atoms with Crippen molar-refractivity contribution in [3.8, 4) is 5.75 Å². The van der Waals surface area contributed by atoms with Gasteiger partial charge in [0.15, 0.2) is 0 Å². The van der Waals surface area contributed by atoms with Crippen molar-refractivity contribution in [2.24, 2.45) is 0 Å². The van der Waals surface area contributed by atoms with E-state index in [1.54, 1.807) is 31.4 Å². The number of hydrogen-bond acceptors (Lipinski definition) is 5. The number of rotatable bonds is 6. The summed E-state index contributed by atoms with van der Waals surface area (Å²) in [5.41, 5.74) is 1.39. The van der Waals surface area contributed by atoms with Crippen LogP contribution < -0.4 is 15.4 Å². The second-order valence-corrected chi connectivity index (χ2v) is 6.43. The molecule has 2 aromatic carbocycles. The first-order valence-corrected chi connectivity index (χ1v) is 9.25. The molecule has 3 amide bonds. The van der Waals surface area contributed by atoms with Crippen LogP contribution in [0.2, 0.25) is 0 Å². The lowest BCUT2D eigenvalue weighted by molar-refractivity contribution is -0.139. The lowest BCUT2D eigenvalue weighted by Crippen LogP contribution is -2.47. The van der Waals surface area contributed by atoms with Gasteiger partial charge in [-0.2, -0.15) is 0 Å². The molecule has 0 aromatic heterocycles. The first-order chi connectivity index (χ1) is 14.1. The van der Waals surface area contributed by atoms with Crippen LogP contribution in [0.5, 0.6) is 5.75 Å². The molecule has 8 heteroatoms. The number of nitrogens with zero attached hydrogens (tertiary/aromatic N) is 1. The van der Waals surface area contributed by atoms with Crippen LogP contribution in [0.15, 0.2) is 54.6 Å². The number of hydrogen-bond donors (Lipinski definition) is 2. The second-order valence-electron chi connectivity index (χ2n) is 6.43. The van der Waals surface area contributed by atoms with E-state index in [4.69, 9.17) is 9.47 Å². The molecule has 2 N–H and O–H groups in total. The summed E-state index contributed by atoms with van der Waals surface area (Å²) in [5.74, 6) is -1.06. The van der Waals surface area contributed by atoms with E-state index in [1.807, 2.05) is 30.3 Å². The molecule has 1 aliphatic rings. The predicted molar refractivity (Wildman–Crippen MR) is 105 cm³/mol. The molecular formula is C21H23N3O5. The fourth-order valence-corrected chi connectivity index (χ4v) is 2.94. The van der Waals surface area contributed by atoms with Crippen molar-refractivity contribution >= 4 is 17.7 Å². The number of nitrogens with one attached hydrogen (secondary N) is 2. The molecule has 29 heavy (non-hydrogen) atoms. The van der Waals surface area contributed by atoms with E-state index >= 15 is 0 Å². The van der Waals surface area contributed by atoms with Crippen molar-refractivity contribution < 1.29 is 23.9 Å². The molecule has 3 rings (SSSR count). The first kappa shape index (κ1) is 20.3. The summed E-state index contributed by atoms with van der Waals surface area (Å²) < 4.78 is 10.6. The Bertz CT molecular complexity index is 854. The van der Waals surface area contributed by atoms with Gasteiger partial charge in [0.05, 0.1) is 20.3 Å². The van der Waals surface area contributed by atoms with Crippen molar-refractivity contribution in [3.05, 3.63) is 65.7 Å². The molecule has 8 nitrogen and oxygen atoms in total. The quantitative estimate of drug-likeness (QED) is 0.707. The highest BCUT2D eigenvalue weighted by Crippen LogP contribution is 2.17. The molecule has 0 spiro atoms. The zero-order chi connectivity index (χ0) is 20.6. The zero-order valence-corrected chi connectivity index (χ0v) is 16.1. The van der Waals surface area contributed by atoms with Crippen molar-refractivity contribution in [2.75, 3.05) is 26.8 Å². The van der Waals surface area contributed by atoms with Gasteiger partial charge < -0.3 is 25.0 Å². The predicted octanol–water partition coefficient (Wildman–Crippen LogP) is 0.926. The largest absolute Gasteiger partial charge is 0.497 e. The minimum absolute atomic E-state index is 0.0273. The third-order valence-corrected chi connectivity index (χ3v) is 4.53. The molecule has 0 aliphatic carbocycles. The fraction of sp³-hybridized carbons (Fsp3) is 0.286. The van der Waals surface area contributed by atoms with Crippen LogP contribution in [0.4, 0.5) is 0 Å². The van der Waals surface area contributed by atoms with Gasteiger partial charge in [0.1, 0.15) is 12.0 Å². The maximum atomic E-state index is 12.7. The Balaban J connectivity index is 1.50. The topological polar surface area (TPSA) is 97.0 Å². The van der Waals surface area contributed by atoms with Gasteiger partial charge >= 0.3 is 11.8 Å². The Morgan fingerprint density at radius 2 is 1.72 bits per heavy atom. The van der Waals surface area contributed by atoms with Crippen molar-refractivity contribution in [1.82, 2.24) is 15.5 Å². The Labute approximate surface area is 168 Å². The molecular weight excluding hydrogens is 374 g/mol. The minimum Gasteiger partial charge on any atom is -0.497 e. The SMILES string of the molecule is COc1ccc(C(=O)N2CCO[C@@H]2CNC(=O)C(=O)NCc2ccccc2)cc1. The van der Waals surface area contributed by atoms with Crippen LogP contribution in [0.25, 0.3) is 0 Å². The smallest absolute Gasteiger partial charge is 0.309 e. The maximum absolute atomic E-state index is 12.7. The lowest BCUT2D eigenvalue weighted by Gasteiger charge is -2.23. The zero-order valence-electron chi connectivity index (χ0n) is 16.1. The lowest BCUT2D eigenvalue weighted by atomic mass is 10.2. The summed E-state index contributed by atoms with van der Waals surface area (Å²) in [7, 11) is 1.56. The summed E-state index contributed by atoms with van der Waals surface area (Å²) >= 11 is 0. The van der Waals surface area contributed by atoms with Gasteiger partial charge in [-0.3, -0.25) is 14.4 Å². The van der Waals surface area contributed by atoms with E-state index in [2.05, 4.69) is 10.6 Å². The van der Waals surface area contributed by atoms with Gasteiger partial charge in [0, 0.05) is 18.7 Å². The Kier molecular flexibility index (Phi) is 6.80. The Morgan fingerprint density at radius 1 is 1.03 bits per heavy atom. The average Bonchev–Trinajstić information content (AvgIpc) is 3.24. The van der Waals surface area contributed by atoms with Crippen molar-refractivity contribution in [2.45, 2.75) is 12.8 Å². The highest BCUT2D eigenvalue weighted by Gasteiger charge is 2.31. The summed E-state index contributed by atoms with van der Waals surface area (Å²) in [6.45, 7) is 1.06. The van der Waals surface area contributed by atoms with Gasteiger partial charge in [-0.1, -0.05) is 30.3 Å². The van der Waals surface area contributed by atoms with E-state index in [-0.39, 0.29) is 19.0 Å². The summed E-state index contributed by atoms with van der Waals surface area (Å²) in [5, 5.41) is 5.09. The summed E-state index contributed by atoms with van der Waals surface area (Å²) in [6.07, 6.45) is -0.629. The van der Waals surface area contributed by atoms with Crippen molar-refractivity contribution in [3.63, 3.8) is 0 Å². The fourth-order valence-electron chi connectivity index (χ4n) is 2.94. The highest BCUT2D eigenvalue weighted by atomic mass is 16.5. The Morgan fingerprint density at radius 3 is 2.41 bits per heavy atom. The normalized spacial score (nSPS) is 15.6. The molecule has 1 heterocycles. The number of methoxy groups -OCH3 is 1. The second kappa shape index (κ2) is 9.70. The van der Waals surface area contributed by atoms with Gasteiger partial charge in [0.2, 0.25) is 0 Å². The van der Waals surface area contributed by atoms with E-state index in [0.717, 1.165) is 5.56 Å². The molecule has 152 valence electrons. The maximum Gasteiger partial charge on any atom is 0.309 e. The van der Waals surface area contributed by atoms with E-state index in [9.17, 15) is 14.4 Å². The van der Waals surface area contributed by atoms with Gasteiger partial charge in [-0.25, -0.2) is 0 Å². The van der Waals surface area contributed by atoms with Crippen LogP contribution >= 0.6 is 0 Å². The van der Waals surface area contributed by atoms with Crippen LogP contribution in [-0.4, -0.2) is 55.7 Å². The van der Waals surface area contributed by atoms with Crippen LogP contribution in [-0.2, 0) is 20.9 Å². The molecule has 0 bridgehead atoms. The number of carbonyl (C=O) groups excluding carboxylic acids is 3. The molecule has 2 aromatic rings. The molecule has 0 unspecified atom stereocenters. The number of amides is 3. The molecule has 1 atom stereocenters. The monoisotopic (exact) mass is 397 g/mol. The van der Waals surface area contributed by atoms with Crippen LogP contribution in [0.1, 0.15) is 15.9 Å². The summed E-state index contributed by atoms with van der Waals surface area (Å²) in [6, 6.07) is 16.0. The van der Waals surface area contributed by atoms with Crippen LogP contribution in [0.3, 0.4) is 0 Å². The van der Waals surface area contributed by atoms with E-state index < -0.39 is 18.0 Å². The third-order valence-electron chi connectivity index (χ3n) is 4.53. The summed E-state index contributed by atoms with van der Waals surface area (Å²) in [4.78, 5) is 38.2. The molecule has 0 saturated carbocycles. The molecule has 1 fully saturated rings. The highest BCUT2D eigenvalue weighted by molar-refractivity contribution is 6.35. The van der Waals surface area contributed by atoms with E-state index in [1.165, 1.54) is 4.90 Å². The van der Waals surface area contributed by atoms with Gasteiger partial charge in [-0.05, 0) is 29.8 Å². The molecule has 1 aliphatic heterocycles. The molecule has 0 radical (unpaired) electrons. The average molecular weight is 397 g/mol. The van der Waals surface area contributed by atoms with Crippen LogP contribution in [0, 0.1) is 0 Å². The van der Waals surface area contributed by atoms with Crippen molar-refractivity contribution in [1.29, 1.82) is 0 Å². The molecule has 1 saturated heterocycles. The van der Waals surface area contributed by atoms with Gasteiger partial charge in [0.25, 0.3) is 5.91 Å². The minimum atomic E-state index is -0.770. The van der Waals surface area contributed by atoms with E-state index in [0.29, 0.717) is 24.5 Å². The number of ether oxygens (including phenoxy) is 2. The number of benzene rings is 2. The van der Waals surface area contributed by atoms with Gasteiger partial charge in [-0.15, -0.1) is 0 Å². The third kappa shape index (κ3) is 5.32. The standard InChI is InChI=1S/C21H23N3O5/c1-28-17-9-7-16(8-10-17)21(27)24-11-12-29-18(24)14-23-20(26)19(25)22-13-15-5-3-2-4-6-15/h2-10,18H,11-14H2,1H3,(H,22,25)(H,23,26)/t18-/m1/s1. The first-order valence-electron chi connectivity index (χ1n) is 9.25. The Hall–Kier alpha value is -3.39.